The predicted octanol–water partition coefficient (Wildman–Crippen LogP) is 3.48. The molecular weight excluding hydrogens is 389 g/mol. The zero-order valence-electron chi connectivity index (χ0n) is 11.6. The summed E-state index contributed by atoms with van der Waals surface area (Å²) in [5, 5.41) is 9.05. The molecule has 118 valence electrons. The third-order valence-corrected chi connectivity index (χ3v) is 4.32. The number of rotatable bonds is 3. The Bertz CT molecular complexity index is 827. The second-order valence-corrected chi connectivity index (χ2v) is 6.28. The van der Waals surface area contributed by atoms with Gasteiger partial charge in [0.2, 0.25) is 5.88 Å². The molecule has 1 unspecified atom stereocenters. The van der Waals surface area contributed by atoms with Crippen molar-refractivity contribution in [2.45, 2.75) is 5.54 Å². The van der Waals surface area contributed by atoms with Crippen LogP contribution in [0.25, 0.3) is 0 Å². The Hall–Kier alpha value is -1.72. The molecular formula is C15H10BrClFN3O2. The van der Waals surface area contributed by atoms with Gasteiger partial charge in [-0.15, -0.1) is 0 Å². The number of fused-ring (bicyclic) bond motifs is 2. The van der Waals surface area contributed by atoms with Crippen LogP contribution in [-0.2, 0) is 10.3 Å². The first kappa shape index (κ1) is 16.1. The lowest BCUT2D eigenvalue weighted by Crippen LogP contribution is -2.45. The number of ether oxygens (including phenoxy) is 2. The molecule has 5 nitrogen and oxygen atoms in total. The molecule has 0 aliphatic carbocycles. The third-order valence-electron chi connectivity index (χ3n) is 3.50. The normalized spacial score (nSPS) is 18.6. The van der Waals surface area contributed by atoms with Crippen LogP contribution in [0.2, 0.25) is 5.02 Å². The van der Waals surface area contributed by atoms with Crippen molar-refractivity contribution in [2.24, 2.45) is 5.73 Å². The minimum atomic E-state index is -1.17. The first-order valence-corrected chi connectivity index (χ1v) is 7.70. The van der Waals surface area contributed by atoms with Gasteiger partial charge in [0.15, 0.2) is 0 Å². The van der Waals surface area contributed by atoms with Crippen LogP contribution in [0.3, 0.4) is 0 Å². The zero-order valence-corrected chi connectivity index (χ0v) is 14.0. The zero-order chi connectivity index (χ0) is 16.6. The number of hydrogen-bond acceptors (Lipinski definition) is 5. The number of nitriles is 1. The quantitative estimate of drug-likeness (QED) is 0.801. The summed E-state index contributed by atoms with van der Waals surface area (Å²) >= 11 is 9.15. The molecule has 1 aliphatic rings. The van der Waals surface area contributed by atoms with Gasteiger partial charge in [0.1, 0.15) is 18.2 Å². The van der Waals surface area contributed by atoms with Crippen LogP contribution in [-0.4, -0.2) is 18.2 Å². The predicted molar refractivity (Wildman–Crippen MR) is 84.8 cm³/mol. The van der Waals surface area contributed by atoms with Gasteiger partial charge in [-0.25, -0.2) is 9.37 Å². The van der Waals surface area contributed by atoms with Crippen LogP contribution in [0.4, 0.5) is 4.39 Å². The summed E-state index contributed by atoms with van der Waals surface area (Å²) in [6.45, 7) is -0.134. The number of aromatic nitrogens is 1. The summed E-state index contributed by atoms with van der Waals surface area (Å²) in [5.41, 5.74) is 6.40. The molecule has 0 amide bonds. The van der Waals surface area contributed by atoms with E-state index in [0.29, 0.717) is 16.1 Å². The molecule has 1 aliphatic heterocycles. The van der Waals surface area contributed by atoms with Gasteiger partial charge in [0.05, 0.1) is 27.7 Å². The maximum atomic E-state index is 13.8. The van der Waals surface area contributed by atoms with E-state index in [0.717, 1.165) is 0 Å². The Labute approximate surface area is 144 Å². The molecule has 0 bridgehead atoms. The Morgan fingerprint density at radius 3 is 2.96 bits per heavy atom. The molecule has 2 aromatic rings. The number of nitrogens with zero attached hydrogens (tertiary/aromatic N) is 2. The molecule has 8 heteroatoms. The molecule has 0 saturated heterocycles. The standard InChI is InChI=1S/C15H10BrClFN3O2/c16-11-4-9-13(5-12(11)18)23-14-10(3-8(17)6-21-14)15(9,20)7-22-2-1-19/h3-6H,2,7,20H2. The second kappa shape index (κ2) is 6.06. The summed E-state index contributed by atoms with van der Waals surface area (Å²) < 4.78 is 25.0. The van der Waals surface area contributed by atoms with Crippen molar-refractivity contribution >= 4 is 27.5 Å². The number of halogens is 3. The summed E-state index contributed by atoms with van der Waals surface area (Å²) in [6, 6.07) is 6.27. The van der Waals surface area contributed by atoms with Gasteiger partial charge >= 0.3 is 0 Å². The molecule has 2 N–H and O–H groups in total. The molecule has 1 aromatic carbocycles. The minimum Gasteiger partial charge on any atom is -0.438 e. The van der Waals surface area contributed by atoms with Gasteiger partial charge in [-0.3, -0.25) is 0 Å². The topological polar surface area (TPSA) is 81.2 Å². The minimum absolute atomic E-state index is 0.00991. The van der Waals surface area contributed by atoms with Gasteiger partial charge in [0, 0.05) is 23.4 Å². The molecule has 0 saturated carbocycles. The largest absolute Gasteiger partial charge is 0.438 e. The number of benzene rings is 1. The molecule has 0 spiro atoms. The van der Waals surface area contributed by atoms with E-state index in [1.54, 1.807) is 6.07 Å². The fourth-order valence-electron chi connectivity index (χ4n) is 2.45. The van der Waals surface area contributed by atoms with Crippen LogP contribution in [0.1, 0.15) is 11.1 Å². The first-order chi connectivity index (χ1) is 11.0. The Morgan fingerprint density at radius 2 is 2.22 bits per heavy atom. The highest BCUT2D eigenvalue weighted by atomic mass is 79.9. The van der Waals surface area contributed by atoms with Crippen molar-refractivity contribution in [1.29, 1.82) is 5.26 Å². The Balaban J connectivity index is 2.18. The number of pyridine rings is 1. The van der Waals surface area contributed by atoms with Crippen LogP contribution >= 0.6 is 27.5 Å². The second-order valence-electron chi connectivity index (χ2n) is 4.99. The lowest BCUT2D eigenvalue weighted by Gasteiger charge is -2.36. The fraction of sp³-hybridized carbons (Fsp3) is 0.200. The lowest BCUT2D eigenvalue weighted by molar-refractivity contribution is 0.118. The molecule has 3 rings (SSSR count). The summed E-state index contributed by atoms with van der Waals surface area (Å²) in [7, 11) is 0. The molecule has 2 heterocycles. The van der Waals surface area contributed by atoms with Gasteiger partial charge in [-0.05, 0) is 28.1 Å². The van der Waals surface area contributed by atoms with E-state index >= 15 is 0 Å². The first-order valence-electron chi connectivity index (χ1n) is 6.52. The van der Waals surface area contributed by atoms with Gasteiger partial charge in [-0.1, -0.05) is 11.6 Å². The molecule has 23 heavy (non-hydrogen) atoms. The van der Waals surface area contributed by atoms with Crippen LogP contribution in [0, 0.1) is 17.1 Å². The van der Waals surface area contributed by atoms with Crippen molar-refractivity contribution in [3.8, 4) is 17.7 Å². The highest BCUT2D eigenvalue weighted by molar-refractivity contribution is 9.10. The summed E-state index contributed by atoms with van der Waals surface area (Å²) in [4.78, 5) is 4.10. The van der Waals surface area contributed by atoms with E-state index in [2.05, 4.69) is 20.9 Å². The SMILES string of the molecule is N#CCOCC1(N)c2cc(Br)c(F)cc2Oc2ncc(Cl)cc21. The van der Waals surface area contributed by atoms with E-state index in [9.17, 15) is 4.39 Å². The van der Waals surface area contributed by atoms with Crippen molar-refractivity contribution < 1.29 is 13.9 Å². The average Bonchev–Trinajstić information content (AvgIpc) is 2.51. The summed E-state index contributed by atoms with van der Waals surface area (Å²) in [5.74, 6) is -0.00998. The van der Waals surface area contributed by atoms with Crippen LogP contribution in [0.5, 0.6) is 11.6 Å². The van der Waals surface area contributed by atoms with E-state index in [4.69, 9.17) is 32.1 Å². The lowest BCUT2D eigenvalue weighted by atomic mass is 9.82. The third kappa shape index (κ3) is 2.79. The van der Waals surface area contributed by atoms with E-state index in [1.807, 2.05) is 6.07 Å². The van der Waals surface area contributed by atoms with E-state index < -0.39 is 11.4 Å². The van der Waals surface area contributed by atoms with E-state index in [1.165, 1.54) is 18.3 Å². The van der Waals surface area contributed by atoms with Crippen molar-refractivity contribution in [3.63, 3.8) is 0 Å². The summed E-state index contributed by atoms with van der Waals surface area (Å²) in [6.07, 6.45) is 1.41. The molecule has 1 atom stereocenters. The number of hydrogen-bond donors (Lipinski definition) is 1. The molecule has 0 fully saturated rings. The van der Waals surface area contributed by atoms with Gasteiger partial charge in [-0.2, -0.15) is 5.26 Å². The van der Waals surface area contributed by atoms with Crippen LogP contribution < -0.4 is 10.5 Å². The highest BCUT2D eigenvalue weighted by Gasteiger charge is 2.41. The van der Waals surface area contributed by atoms with Gasteiger partial charge in [0.25, 0.3) is 0 Å². The monoisotopic (exact) mass is 397 g/mol. The molecule has 1 aromatic heterocycles. The Morgan fingerprint density at radius 1 is 1.43 bits per heavy atom. The van der Waals surface area contributed by atoms with E-state index in [-0.39, 0.29) is 29.3 Å². The smallest absolute Gasteiger partial charge is 0.224 e. The highest BCUT2D eigenvalue weighted by Crippen LogP contribution is 2.46. The van der Waals surface area contributed by atoms with Gasteiger partial charge < -0.3 is 15.2 Å². The van der Waals surface area contributed by atoms with Crippen molar-refractivity contribution in [2.75, 3.05) is 13.2 Å². The number of nitrogens with two attached hydrogens (primary N) is 1. The molecule has 0 radical (unpaired) electrons. The maximum Gasteiger partial charge on any atom is 0.224 e. The maximum absolute atomic E-state index is 13.8. The Kier molecular flexibility index (Phi) is 4.25. The van der Waals surface area contributed by atoms with Crippen molar-refractivity contribution in [3.05, 3.63) is 50.8 Å². The fourth-order valence-corrected chi connectivity index (χ4v) is 2.95. The average molecular weight is 399 g/mol. The van der Waals surface area contributed by atoms with Crippen molar-refractivity contribution in [1.82, 2.24) is 4.98 Å². The van der Waals surface area contributed by atoms with Crippen LogP contribution in [0.15, 0.2) is 28.9 Å².